The molecule has 5 heteroatoms. The maximum atomic E-state index is 12.4. The Bertz CT molecular complexity index is 1020. The van der Waals surface area contributed by atoms with Gasteiger partial charge in [0.2, 0.25) is 5.91 Å². The number of para-hydroxylation sites is 2. The van der Waals surface area contributed by atoms with Crippen molar-refractivity contribution in [1.82, 2.24) is 0 Å². The highest BCUT2D eigenvalue weighted by Crippen LogP contribution is 2.24. The first-order valence-corrected chi connectivity index (χ1v) is 10.8. The van der Waals surface area contributed by atoms with Gasteiger partial charge in [0.1, 0.15) is 18.1 Å². The zero-order chi connectivity index (χ0) is 22.6. The van der Waals surface area contributed by atoms with Gasteiger partial charge in [0, 0.05) is 11.8 Å². The third-order valence-electron chi connectivity index (χ3n) is 4.64. The maximum absolute atomic E-state index is 12.4. The van der Waals surface area contributed by atoms with Crippen LogP contribution in [0.1, 0.15) is 18.9 Å². The zero-order valence-electron chi connectivity index (χ0n) is 18.5. The van der Waals surface area contributed by atoms with E-state index in [-0.39, 0.29) is 12.5 Å². The number of carbonyl (C=O) groups excluding carboxylic acids is 1. The van der Waals surface area contributed by atoms with Gasteiger partial charge in [-0.25, -0.2) is 0 Å². The molecule has 0 unspecified atom stereocenters. The Kier molecular flexibility index (Phi) is 8.75. The van der Waals surface area contributed by atoms with Crippen LogP contribution in [-0.2, 0) is 11.2 Å². The van der Waals surface area contributed by atoms with Crippen molar-refractivity contribution in [1.29, 1.82) is 0 Å². The number of amides is 1. The number of aryl methyl sites for hydroxylation is 1. The number of anilines is 2. The molecular weight excluding hydrogens is 400 g/mol. The van der Waals surface area contributed by atoms with Crippen molar-refractivity contribution < 1.29 is 14.3 Å². The number of hydrogen-bond donors (Lipinski definition) is 2. The molecule has 0 saturated carbocycles. The molecule has 3 aromatic rings. The molecule has 0 saturated heterocycles. The van der Waals surface area contributed by atoms with Crippen LogP contribution < -0.4 is 20.1 Å². The first-order valence-electron chi connectivity index (χ1n) is 10.8. The zero-order valence-corrected chi connectivity index (χ0v) is 18.5. The molecular formula is C27H30N2O3. The lowest BCUT2D eigenvalue weighted by Crippen LogP contribution is -2.22. The standard InChI is InChI=1S/C27H30N2O3/c1-21(2)20-32-24-14-8-13-23(18-24)29-27(30)19-28-25-15-6-7-16-26(25)31-17-9-12-22-10-4-3-5-11-22/h3-8,10-11,13-16,18,28H,1,9,12,17,19-20H2,2H3,(H,29,30). The van der Waals surface area contributed by atoms with E-state index in [4.69, 9.17) is 9.47 Å². The second kappa shape index (κ2) is 12.2. The van der Waals surface area contributed by atoms with Crippen molar-refractivity contribution in [3.63, 3.8) is 0 Å². The van der Waals surface area contributed by atoms with Gasteiger partial charge < -0.3 is 20.1 Å². The first-order chi connectivity index (χ1) is 15.6. The largest absolute Gasteiger partial charge is 0.491 e. The lowest BCUT2D eigenvalue weighted by molar-refractivity contribution is -0.114. The van der Waals surface area contributed by atoms with Crippen LogP contribution in [-0.4, -0.2) is 25.7 Å². The molecule has 5 nitrogen and oxygen atoms in total. The van der Waals surface area contributed by atoms with E-state index in [0.717, 1.165) is 29.9 Å². The minimum atomic E-state index is -0.152. The van der Waals surface area contributed by atoms with E-state index in [0.29, 0.717) is 24.7 Å². The SMILES string of the molecule is C=C(C)COc1cccc(NC(=O)CNc2ccccc2OCCCc2ccccc2)c1. The van der Waals surface area contributed by atoms with Gasteiger partial charge in [-0.2, -0.15) is 0 Å². The summed E-state index contributed by atoms with van der Waals surface area (Å²) in [4.78, 5) is 12.4. The predicted molar refractivity (Wildman–Crippen MR) is 131 cm³/mol. The Balaban J connectivity index is 1.46. The quantitative estimate of drug-likeness (QED) is 0.286. The molecule has 0 fully saturated rings. The van der Waals surface area contributed by atoms with Gasteiger partial charge in [-0.15, -0.1) is 0 Å². The predicted octanol–water partition coefficient (Wildman–Crippen LogP) is 5.70. The van der Waals surface area contributed by atoms with E-state index < -0.39 is 0 Å². The van der Waals surface area contributed by atoms with Crippen LogP contribution in [0.15, 0.2) is 91.0 Å². The highest BCUT2D eigenvalue weighted by atomic mass is 16.5. The minimum Gasteiger partial charge on any atom is -0.491 e. The monoisotopic (exact) mass is 430 g/mol. The summed E-state index contributed by atoms with van der Waals surface area (Å²) in [7, 11) is 0. The molecule has 0 aromatic heterocycles. The van der Waals surface area contributed by atoms with Gasteiger partial charge in [-0.3, -0.25) is 4.79 Å². The van der Waals surface area contributed by atoms with Gasteiger partial charge in [0.05, 0.1) is 18.8 Å². The number of nitrogens with one attached hydrogen (secondary N) is 2. The summed E-state index contributed by atoms with van der Waals surface area (Å²) in [5.41, 5.74) is 3.71. The highest BCUT2D eigenvalue weighted by molar-refractivity contribution is 5.94. The fraction of sp³-hybridized carbons (Fsp3) is 0.222. The molecule has 3 aromatic carbocycles. The summed E-state index contributed by atoms with van der Waals surface area (Å²) in [6, 6.07) is 25.3. The summed E-state index contributed by atoms with van der Waals surface area (Å²) in [5, 5.41) is 6.05. The number of hydrogen-bond acceptors (Lipinski definition) is 4. The van der Waals surface area contributed by atoms with E-state index >= 15 is 0 Å². The number of carbonyl (C=O) groups is 1. The Morgan fingerprint density at radius 2 is 1.72 bits per heavy atom. The number of benzene rings is 3. The third-order valence-corrected chi connectivity index (χ3v) is 4.64. The van der Waals surface area contributed by atoms with Gasteiger partial charge in [-0.05, 0) is 55.2 Å². The summed E-state index contributed by atoms with van der Waals surface area (Å²) < 4.78 is 11.6. The summed E-state index contributed by atoms with van der Waals surface area (Å²) in [5.74, 6) is 1.28. The van der Waals surface area contributed by atoms with Crippen molar-refractivity contribution >= 4 is 17.3 Å². The molecule has 0 heterocycles. The minimum absolute atomic E-state index is 0.126. The lowest BCUT2D eigenvalue weighted by Gasteiger charge is -2.14. The highest BCUT2D eigenvalue weighted by Gasteiger charge is 2.07. The number of ether oxygens (including phenoxy) is 2. The smallest absolute Gasteiger partial charge is 0.243 e. The molecule has 3 rings (SSSR count). The lowest BCUT2D eigenvalue weighted by atomic mass is 10.1. The van der Waals surface area contributed by atoms with E-state index in [1.165, 1.54) is 5.56 Å². The van der Waals surface area contributed by atoms with E-state index in [2.05, 4.69) is 29.3 Å². The third kappa shape index (κ3) is 7.84. The van der Waals surface area contributed by atoms with Crippen LogP contribution in [0.3, 0.4) is 0 Å². The molecule has 0 atom stereocenters. The van der Waals surface area contributed by atoms with Crippen molar-refractivity contribution in [2.45, 2.75) is 19.8 Å². The molecule has 2 N–H and O–H groups in total. The van der Waals surface area contributed by atoms with Crippen molar-refractivity contribution in [2.24, 2.45) is 0 Å². The van der Waals surface area contributed by atoms with E-state index in [9.17, 15) is 4.79 Å². The van der Waals surface area contributed by atoms with Crippen LogP contribution in [0.5, 0.6) is 11.5 Å². The summed E-state index contributed by atoms with van der Waals surface area (Å²) in [6.45, 7) is 6.91. The molecule has 0 bridgehead atoms. The number of rotatable bonds is 12. The molecule has 0 aliphatic heterocycles. The fourth-order valence-corrected chi connectivity index (χ4v) is 3.09. The molecule has 0 aliphatic rings. The molecule has 0 spiro atoms. The topological polar surface area (TPSA) is 59.6 Å². The Morgan fingerprint density at radius 1 is 0.938 bits per heavy atom. The van der Waals surface area contributed by atoms with Crippen LogP contribution in [0.4, 0.5) is 11.4 Å². The molecule has 0 radical (unpaired) electrons. The Hall–Kier alpha value is -3.73. The second-order valence-electron chi connectivity index (χ2n) is 7.61. The van der Waals surface area contributed by atoms with Crippen LogP contribution in [0, 0.1) is 0 Å². The normalized spacial score (nSPS) is 10.3. The maximum Gasteiger partial charge on any atom is 0.243 e. The van der Waals surface area contributed by atoms with Crippen LogP contribution in [0.25, 0.3) is 0 Å². The summed E-state index contributed by atoms with van der Waals surface area (Å²) in [6.07, 6.45) is 1.89. The van der Waals surface area contributed by atoms with Gasteiger partial charge in [0.15, 0.2) is 0 Å². The first kappa shape index (κ1) is 22.9. The Morgan fingerprint density at radius 3 is 2.53 bits per heavy atom. The van der Waals surface area contributed by atoms with Crippen molar-refractivity contribution in [2.75, 3.05) is 30.4 Å². The fourth-order valence-electron chi connectivity index (χ4n) is 3.09. The van der Waals surface area contributed by atoms with Gasteiger partial charge >= 0.3 is 0 Å². The molecule has 166 valence electrons. The van der Waals surface area contributed by atoms with Gasteiger partial charge in [-0.1, -0.05) is 55.1 Å². The average molecular weight is 431 g/mol. The van der Waals surface area contributed by atoms with Crippen molar-refractivity contribution in [3.05, 3.63) is 96.6 Å². The molecule has 1 amide bonds. The Labute approximate surface area is 190 Å². The van der Waals surface area contributed by atoms with E-state index in [1.54, 1.807) is 6.07 Å². The van der Waals surface area contributed by atoms with Crippen LogP contribution in [0.2, 0.25) is 0 Å². The van der Waals surface area contributed by atoms with Gasteiger partial charge in [0.25, 0.3) is 0 Å². The summed E-state index contributed by atoms with van der Waals surface area (Å²) >= 11 is 0. The van der Waals surface area contributed by atoms with Crippen LogP contribution >= 0.6 is 0 Å². The molecule has 32 heavy (non-hydrogen) atoms. The second-order valence-corrected chi connectivity index (χ2v) is 7.61. The average Bonchev–Trinajstić information content (AvgIpc) is 2.81. The van der Waals surface area contributed by atoms with E-state index in [1.807, 2.05) is 67.6 Å². The van der Waals surface area contributed by atoms with Crippen molar-refractivity contribution in [3.8, 4) is 11.5 Å². The molecule has 0 aliphatic carbocycles.